The highest BCUT2D eigenvalue weighted by Gasteiger charge is 2.48. The van der Waals surface area contributed by atoms with Crippen LogP contribution in [0.15, 0.2) is 0 Å². The molecule has 4 heterocycles. The Morgan fingerprint density at radius 2 is 1.01 bits per heavy atom. The molecule has 4 fully saturated rings. The fourth-order valence-corrected chi connectivity index (χ4v) is 11.7. The predicted octanol–water partition coefficient (Wildman–Crippen LogP) is -4.68. The van der Waals surface area contributed by atoms with Crippen molar-refractivity contribution in [2.75, 3.05) is 125 Å². The first kappa shape index (κ1) is 93.6. The number of Topliss-reactive ketones (excluding diaryl/α,β-unsaturated/α-hetero) is 2. The number of carbonyl (C=O) groups is 8. The lowest BCUT2D eigenvalue weighted by Crippen LogP contribution is -2.60. The second-order valence-electron chi connectivity index (χ2n) is 27.2. The molecule has 4 rings (SSSR count). The maximum atomic E-state index is 13.8. The highest BCUT2D eigenvalue weighted by Crippen LogP contribution is 2.28. The van der Waals surface area contributed by atoms with Gasteiger partial charge < -0.3 is 146 Å². The molecule has 0 aliphatic carbocycles. The number of aliphatic hydroxyl groups excluding tert-OH is 11. The molecule has 19 N–H and O–H groups in total. The number of hydrogen-bond acceptors (Lipinski definition) is 31. The molecule has 5 amide bonds. The number of ether oxygens (including phenoxy) is 10. The van der Waals surface area contributed by atoms with Crippen LogP contribution in [-0.4, -0.2) is 337 Å². The largest absolute Gasteiger partial charge is 0.481 e. The Bertz CT molecular complexity index is 2480. The van der Waals surface area contributed by atoms with Crippen molar-refractivity contribution in [2.45, 2.75) is 264 Å². The van der Waals surface area contributed by atoms with Crippen LogP contribution < -0.4 is 37.2 Å². The number of aliphatic hydroxyl groups is 11. The van der Waals surface area contributed by atoms with Gasteiger partial charge in [0, 0.05) is 90.8 Å². The van der Waals surface area contributed by atoms with Crippen molar-refractivity contribution in [2.24, 2.45) is 0 Å². The Morgan fingerprint density at radius 3 is 1.59 bits per heavy atom. The quantitative estimate of drug-likeness (QED) is 0.0290. The van der Waals surface area contributed by atoms with Gasteiger partial charge in [0.1, 0.15) is 90.4 Å². The summed E-state index contributed by atoms with van der Waals surface area (Å²) < 4.78 is 57.9. The van der Waals surface area contributed by atoms with E-state index in [1.54, 1.807) is 0 Å². The number of carbonyl (C=O) groups excluding carboxylic acids is 7. The van der Waals surface area contributed by atoms with E-state index in [1.165, 1.54) is 0 Å². The molecule has 37 nitrogen and oxygen atoms in total. The highest BCUT2D eigenvalue weighted by atomic mass is 16.8. The van der Waals surface area contributed by atoms with Crippen molar-refractivity contribution in [1.82, 2.24) is 37.2 Å². The van der Waals surface area contributed by atoms with Gasteiger partial charge in [-0.15, -0.1) is 0 Å². The molecule has 0 aromatic rings. The van der Waals surface area contributed by atoms with E-state index in [-0.39, 0.29) is 197 Å². The van der Waals surface area contributed by atoms with Crippen LogP contribution in [0.1, 0.15) is 161 Å². The second kappa shape index (κ2) is 54.8. The molecule has 106 heavy (non-hydrogen) atoms. The van der Waals surface area contributed by atoms with Crippen LogP contribution >= 0.6 is 0 Å². The van der Waals surface area contributed by atoms with Crippen LogP contribution in [0.3, 0.4) is 0 Å². The van der Waals surface area contributed by atoms with E-state index in [4.69, 9.17) is 52.5 Å². The average molecular weight is 1530 g/mol. The fourth-order valence-electron chi connectivity index (χ4n) is 11.7. The normalized spacial score (nSPS) is 31.0. The van der Waals surface area contributed by atoms with E-state index in [0.29, 0.717) is 70.9 Å². The van der Waals surface area contributed by atoms with Gasteiger partial charge in [-0.05, 0) is 83.7 Å². The van der Waals surface area contributed by atoms with Gasteiger partial charge >= 0.3 is 5.97 Å². The maximum absolute atomic E-state index is 13.8. The van der Waals surface area contributed by atoms with Gasteiger partial charge in [-0.3, -0.25) is 38.4 Å². The average Bonchev–Trinajstić information content (AvgIpc) is 0.824. The zero-order valence-electron chi connectivity index (χ0n) is 61.1. The first-order chi connectivity index (χ1) is 51.0. The summed E-state index contributed by atoms with van der Waals surface area (Å²) in [5, 5.41) is 142. The molecular weight excluding hydrogens is 1410 g/mol. The van der Waals surface area contributed by atoms with Gasteiger partial charge in [0.15, 0.2) is 25.2 Å². The zero-order valence-corrected chi connectivity index (χ0v) is 61.1. The van der Waals surface area contributed by atoms with Crippen LogP contribution in [0.2, 0.25) is 0 Å². The first-order valence-electron chi connectivity index (χ1n) is 37.6. The number of nitrogens with one attached hydrogen (secondary N) is 7. The van der Waals surface area contributed by atoms with Gasteiger partial charge in [0.05, 0.1) is 72.6 Å². The van der Waals surface area contributed by atoms with E-state index < -0.39 is 130 Å². The summed E-state index contributed by atoms with van der Waals surface area (Å²) in [6.45, 7) is -1.03. The lowest BCUT2D eigenvalue weighted by Gasteiger charge is -2.42. The summed E-state index contributed by atoms with van der Waals surface area (Å²) in [5.74, 6) is -2.79. The van der Waals surface area contributed by atoms with Crippen LogP contribution in [-0.2, 0) is 85.7 Å². The summed E-state index contributed by atoms with van der Waals surface area (Å²) in [6.07, 6.45) is -14.8. The fraction of sp³-hybridized carbons (Fsp3) is 0.884. The van der Waals surface area contributed by atoms with Crippen LogP contribution in [0.4, 0.5) is 0 Å². The molecule has 0 aromatic heterocycles. The molecule has 4 aliphatic rings. The van der Waals surface area contributed by atoms with E-state index in [9.17, 15) is 94.5 Å². The molecule has 0 saturated carbocycles. The standard InChI is InChI=1S/C69H123N7O30/c77-39-47-57(88)60(91)63(94)66(103-47)100-33-12-10-19-50(81)72-30-16-31-75-53(84)25-36-99-44-69(76-54(85)20-7-5-3-1-2-4-6-8-21-55(86)87)42-97-34-23-51(82)73-28-14-26-70-37-45(79)17-9-11-32-101-67-64(95)62(93)59(90)49(105-67)41-102-56(106-68-65(96)61(92)58(89)48(40-78)104-68)22-13-18-46(80)38-71-27-15-29-74-52(83)24-35-98-43-69/h47-49,56-68,70-71,77-78,88-96H,1-44H2,(H,72,81)(H,73,82)(H,74,83)(H,75,84)(H,76,85)(H,86,87)/t47?,48?,49?,56?,57-,58+,59+,60?,61?,62?,63?,64?,65?,66-,67-,68+,69?/m0/s1. The molecular formula is C69H123N7O30. The van der Waals surface area contributed by atoms with Crippen LogP contribution in [0.5, 0.6) is 0 Å². The molecule has 4 saturated heterocycles. The van der Waals surface area contributed by atoms with Crippen molar-refractivity contribution in [3.05, 3.63) is 0 Å². The van der Waals surface area contributed by atoms with E-state index in [2.05, 4.69) is 37.2 Å². The van der Waals surface area contributed by atoms with Gasteiger partial charge in [0.2, 0.25) is 29.5 Å². The van der Waals surface area contributed by atoms with E-state index >= 15 is 0 Å². The van der Waals surface area contributed by atoms with E-state index in [1.807, 2.05) is 0 Å². The summed E-state index contributed by atoms with van der Waals surface area (Å²) >= 11 is 0. The van der Waals surface area contributed by atoms with Crippen molar-refractivity contribution in [3.63, 3.8) is 0 Å². The topological polar surface area (TPSA) is 556 Å². The number of carboxylic acid groups (broad SMARTS) is 1. The number of ketones is 2. The van der Waals surface area contributed by atoms with Crippen LogP contribution in [0, 0.1) is 0 Å². The molecule has 0 radical (unpaired) electrons. The zero-order chi connectivity index (χ0) is 77.5. The van der Waals surface area contributed by atoms with Gasteiger partial charge in [-0.2, -0.15) is 0 Å². The molecule has 17 atom stereocenters. The van der Waals surface area contributed by atoms with E-state index in [0.717, 1.165) is 38.5 Å². The van der Waals surface area contributed by atoms with Crippen molar-refractivity contribution >= 4 is 47.1 Å². The Kier molecular flexibility index (Phi) is 48.4. The number of hydrogen-bond donors (Lipinski definition) is 19. The summed E-state index contributed by atoms with van der Waals surface area (Å²) in [6, 6.07) is 0. The van der Waals surface area contributed by atoms with Gasteiger partial charge in [-0.25, -0.2) is 0 Å². The SMILES string of the molecule is O=C(O)CCCCCCCCCCC(=O)NC1(COCCC(=O)NCCCNC(=O)CCCCO[C@H]2OC(CO)[C@H](O)C(O)C2O)COCCC(=O)NCCCNCC(=O)CCCCO[C@H]2OC(COC(O[C@H]3OC(CO)[C@@H](O)C(O)C3O)CCCC(=O)CNCCCNC(=O)CCOC1)[C@@H](O)C(O)C2O. The maximum Gasteiger partial charge on any atom is 0.303 e. The monoisotopic (exact) mass is 1530 g/mol. The molecule has 37 heteroatoms. The third-order valence-electron chi connectivity index (χ3n) is 18.1. The number of fused-ring (bicyclic) bond motifs is 2. The third kappa shape index (κ3) is 38.2. The number of unbranched alkanes of at least 4 members (excludes halogenated alkanes) is 8. The lowest BCUT2D eigenvalue weighted by atomic mass is 9.99. The Labute approximate surface area is 618 Å². The molecule has 2 bridgehead atoms. The Hall–Kier alpha value is -4.76. The summed E-state index contributed by atoms with van der Waals surface area (Å²) in [5.41, 5.74) is -1.39. The number of rotatable bonds is 31. The minimum Gasteiger partial charge on any atom is -0.481 e. The second-order valence-corrected chi connectivity index (χ2v) is 27.2. The summed E-state index contributed by atoms with van der Waals surface area (Å²) in [4.78, 5) is 102. The molecule has 4 aliphatic heterocycles. The number of amides is 5. The highest BCUT2D eigenvalue weighted by molar-refractivity contribution is 5.81. The predicted molar refractivity (Wildman–Crippen MR) is 371 cm³/mol. The molecule has 0 aromatic carbocycles. The first-order valence-corrected chi connectivity index (χ1v) is 37.6. The Morgan fingerprint density at radius 1 is 0.491 bits per heavy atom. The minimum atomic E-state index is -1.81. The van der Waals surface area contributed by atoms with Crippen molar-refractivity contribution < 1.29 is 147 Å². The Balaban J connectivity index is 1.35. The number of aliphatic carboxylic acids is 1. The summed E-state index contributed by atoms with van der Waals surface area (Å²) in [7, 11) is 0. The van der Waals surface area contributed by atoms with Crippen molar-refractivity contribution in [3.8, 4) is 0 Å². The van der Waals surface area contributed by atoms with Crippen molar-refractivity contribution in [1.29, 1.82) is 0 Å². The molecule has 0 spiro atoms. The smallest absolute Gasteiger partial charge is 0.303 e. The molecule has 11 unspecified atom stereocenters. The molecule has 614 valence electrons. The van der Waals surface area contributed by atoms with Gasteiger partial charge in [0.25, 0.3) is 0 Å². The lowest BCUT2D eigenvalue weighted by molar-refractivity contribution is -0.347. The van der Waals surface area contributed by atoms with Crippen LogP contribution in [0.25, 0.3) is 0 Å². The van der Waals surface area contributed by atoms with Gasteiger partial charge in [-0.1, -0.05) is 38.5 Å². The minimum absolute atomic E-state index is 0.00950. The third-order valence-corrected chi connectivity index (χ3v) is 18.1. The number of carboxylic acids is 1.